The molecule has 6 rings (SSSR count). The molecule has 0 saturated heterocycles. The quantitative estimate of drug-likeness (QED) is 0.0614. The molecule has 0 fully saturated rings. The van der Waals surface area contributed by atoms with E-state index in [0.717, 1.165) is 42.7 Å². The number of benzene rings is 2. The van der Waals surface area contributed by atoms with Crippen LogP contribution >= 0.6 is 22.7 Å². The van der Waals surface area contributed by atoms with Crippen molar-refractivity contribution in [3.05, 3.63) is 132 Å². The number of rotatable bonds is 7. The lowest BCUT2D eigenvalue weighted by molar-refractivity contribution is -0.523. The maximum atomic E-state index is 11.9. The van der Waals surface area contributed by atoms with Gasteiger partial charge in [0.1, 0.15) is 6.10 Å². The smallest absolute Gasteiger partial charge is 0.331 e. The highest BCUT2D eigenvalue weighted by atomic mass is 32.1. The minimum Gasteiger partial charge on any atom is -0.478 e. The van der Waals surface area contributed by atoms with Gasteiger partial charge in [-0.3, -0.25) is 20.2 Å². The van der Waals surface area contributed by atoms with E-state index in [1.54, 1.807) is 42.6 Å². The first-order chi connectivity index (χ1) is 26.4. The monoisotopic (exact) mass is 781 g/mol. The van der Waals surface area contributed by atoms with Crippen molar-refractivity contribution in [1.29, 1.82) is 0 Å². The van der Waals surface area contributed by atoms with Crippen LogP contribution in [-0.4, -0.2) is 61.3 Å². The van der Waals surface area contributed by atoms with Crippen molar-refractivity contribution in [2.24, 2.45) is 0 Å². The van der Waals surface area contributed by atoms with Gasteiger partial charge in [0.15, 0.2) is 11.1 Å². The van der Waals surface area contributed by atoms with Gasteiger partial charge in [-0.2, -0.15) is 0 Å². The zero-order chi connectivity index (χ0) is 39.7. The first-order valence-electron chi connectivity index (χ1n) is 17.4. The Morgan fingerprint density at radius 1 is 0.873 bits per heavy atom. The summed E-state index contributed by atoms with van der Waals surface area (Å²) >= 11 is 3.14. The number of thiophene rings is 1. The number of esters is 1. The Balaban J connectivity index is 0.000000202. The summed E-state index contributed by atoms with van der Waals surface area (Å²) in [6.45, 7) is 3.36. The Morgan fingerprint density at radius 2 is 1.47 bits per heavy atom. The molecule has 0 spiro atoms. The van der Waals surface area contributed by atoms with Crippen LogP contribution in [0.5, 0.6) is 0 Å². The number of carbonyl (C=O) groups is 2. The molecule has 2 aliphatic carbocycles. The second-order valence-corrected chi connectivity index (χ2v) is 14.5. The summed E-state index contributed by atoms with van der Waals surface area (Å²) in [6, 6.07) is 16.8. The number of thiazole rings is 1. The lowest BCUT2D eigenvalue weighted by Gasteiger charge is -2.14. The predicted molar refractivity (Wildman–Crippen MR) is 214 cm³/mol. The Morgan fingerprint density at radius 3 is 2.05 bits per heavy atom. The fourth-order valence-electron chi connectivity index (χ4n) is 5.37. The SMILES string of the molecule is C[C@@H](O)C#Cc1nc2ccccc2s1.C[C@H](C#Cc1cc2ccccc2s1)OC(=O)/C=C/C1=CCCC([N+](=O)[O-])C1.O=C(O)/C=C/C1=CCCC([N+](=O)[O-])C1. The lowest BCUT2D eigenvalue weighted by Crippen LogP contribution is -2.22. The number of hydrogen-bond donors (Lipinski definition) is 2. The number of nitro groups is 2. The molecular weight excluding hydrogens is 743 g/mol. The average Bonchev–Trinajstić information content (AvgIpc) is 3.79. The van der Waals surface area contributed by atoms with Gasteiger partial charge in [0.2, 0.25) is 12.1 Å². The summed E-state index contributed by atoms with van der Waals surface area (Å²) in [5.41, 5.74) is 2.50. The van der Waals surface area contributed by atoms with E-state index >= 15 is 0 Å². The van der Waals surface area contributed by atoms with Crippen LogP contribution < -0.4 is 0 Å². The summed E-state index contributed by atoms with van der Waals surface area (Å²) in [5, 5.41) is 40.6. The second-order valence-electron chi connectivity index (χ2n) is 12.4. The molecule has 2 unspecified atom stereocenters. The Hall–Kier alpha value is -5.93. The number of aliphatic hydroxyl groups is 1. The van der Waals surface area contributed by atoms with Crippen LogP contribution in [0.3, 0.4) is 0 Å². The molecule has 0 saturated carbocycles. The van der Waals surface area contributed by atoms with Gasteiger partial charge in [0, 0.05) is 52.4 Å². The zero-order valence-electron chi connectivity index (χ0n) is 30.1. The Bertz CT molecular complexity index is 2190. The number of para-hydroxylation sites is 1. The van der Waals surface area contributed by atoms with Gasteiger partial charge < -0.3 is 14.9 Å². The molecule has 12 nitrogen and oxygen atoms in total. The van der Waals surface area contributed by atoms with E-state index in [2.05, 4.69) is 28.7 Å². The van der Waals surface area contributed by atoms with Crippen molar-refractivity contribution in [2.45, 2.75) is 76.7 Å². The Kier molecular flexibility index (Phi) is 16.0. The molecule has 2 aromatic heterocycles. The third kappa shape index (κ3) is 14.4. The molecule has 0 bridgehead atoms. The fourth-order valence-corrected chi connectivity index (χ4v) is 7.13. The van der Waals surface area contributed by atoms with Crippen LogP contribution in [-0.2, 0) is 14.3 Å². The third-order valence-corrected chi connectivity index (χ3v) is 10.0. The van der Waals surface area contributed by atoms with Crippen molar-refractivity contribution in [2.75, 3.05) is 0 Å². The van der Waals surface area contributed by atoms with Crippen LogP contribution in [0.1, 0.15) is 62.3 Å². The van der Waals surface area contributed by atoms with Gasteiger partial charge in [-0.1, -0.05) is 72.4 Å². The van der Waals surface area contributed by atoms with E-state index in [1.165, 1.54) is 16.9 Å². The predicted octanol–water partition coefficient (Wildman–Crippen LogP) is 7.91. The van der Waals surface area contributed by atoms with Crippen LogP contribution in [0.15, 0.2) is 102 Å². The largest absolute Gasteiger partial charge is 0.478 e. The van der Waals surface area contributed by atoms with Gasteiger partial charge in [0.25, 0.3) is 0 Å². The fraction of sp³-hybridized carbons (Fsp3) is 0.293. The highest BCUT2D eigenvalue weighted by Gasteiger charge is 2.24. The van der Waals surface area contributed by atoms with Crippen molar-refractivity contribution in [3.63, 3.8) is 0 Å². The minimum absolute atomic E-state index is 0.259. The maximum Gasteiger partial charge on any atom is 0.331 e. The molecule has 2 aromatic carbocycles. The molecule has 4 atom stereocenters. The van der Waals surface area contributed by atoms with E-state index in [-0.39, 0.29) is 9.85 Å². The molecular formula is C41H39N3O9S2. The average molecular weight is 782 g/mol. The Labute approximate surface area is 325 Å². The van der Waals surface area contributed by atoms with E-state index < -0.39 is 36.2 Å². The van der Waals surface area contributed by atoms with Crippen molar-refractivity contribution < 1.29 is 34.4 Å². The number of carboxylic acids is 1. The highest BCUT2D eigenvalue weighted by Crippen LogP contribution is 2.25. The van der Waals surface area contributed by atoms with Crippen LogP contribution in [0, 0.1) is 43.9 Å². The van der Waals surface area contributed by atoms with Crippen LogP contribution in [0.2, 0.25) is 0 Å². The van der Waals surface area contributed by atoms with Crippen molar-refractivity contribution in [1.82, 2.24) is 4.98 Å². The number of nitrogens with zero attached hydrogens (tertiary/aromatic N) is 3. The zero-order valence-corrected chi connectivity index (χ0v) is 31.8. The molecule has 2 aliphatic rings. The number of ether oxygens (including phenoxy) is 1. The molecule has 284 valence electrons. The van der Waals surface area contributed by atoms with Crippen LogP contribution in [0.25, 0.3) is 20.3 Å². The van der Waals surface area contributed by atoms with Gasteiger partial charge in [0.05, 0.1) is 15.1 Å². The topological polar surface area (TPSA) is 183 Å². The first kappa shape index (κ1) is 41.8. The summed E-state index contributed by atoms with van der Waals surface area (Å²) in [7, 11) is 0. The molecule has 4 aromatic rings. The molecule has 55 heavy (non-hydrogen) atoms. The summed E-state index contributed by atoms with van der Waals surface area (Å²) in [4.78, 5) is 48.2. The van der Waals surface area contributed by atoms with Gasteiger partial charge in [-0.25, -0.2) is 14.6 Å². The number of aliphatic hydroxyl groups excluding tert-OH is 1. The van der Waals surface area contributed by atoms with E-state index in [9.17, 15) is 29.8 Å². The van der Waals surface area contributed by atoms with E-state index in [4.69, 9.17) is 14.9 Å². The summed E-state index contributed by atoms with van der Waals surface area (Å²) in [6.07, 6.45) is 11.0. The van der Waals surface area contributed by atoms with Gasteiger partial charge in [-0.15, -0.1) is 22.7 Å². The number of allylic oxidation sites excluding steroid dienone is 4. The van der Waals surface area contributed by atoms with Gasteiger partial charge >= 0.3 is 11.9 Å². The van der Waals surface area contributed by atoms with Gasteiger partial charge in [-0.05, 0) is 73.4 Å². The minimum atomic E-state index is -1.03. The first-order valence-corrected chi connectivity index (χ1v) is 19.0. The molecule has 14 heteroatoms. The standard InChI is InChI=1S/C21H19NO4S.C11H9NOS.C9H11NO4/c1-15(9-11-19-14-17-6-2-3-8-20(17)27-19)26-21(23)12-10-16-5-4-7-18(13-16)22(24)25;1-8(13)6-7-11-12-9-4-2-3-5-10(9)14-11;11-9(12)5-4-7-2-1-3-8(6-7)10(13)14/h2-3,5-6,8,10,12,14-15,18H,4,7,13H2,1H3;2-5,8,13H,1H3;2,4-5,8H,1,3,6H2,(H,11,12)/b12-10+;;5-4+/t15-,18?;8-;/m11./s1. The van der Waals surface area contributed by atoms with E-state index in [1.807, 2.05) is 66.7 Å². The molecule has 0 aliphatic heterocycles. The van der Waals surface area contributed by atoms with E-state index in [0.29, 0.717) is 38.5 Å². The highest BCUT2D eigenvalue weighted by molar-refractivity contribution is 7.19. The summed E-state index contributed by atoms with van der Waals surface area (Å²) < 4.78 is 7.55. The maximum absolute atomic E-state index is 11.9. The number of carboxylic acid groups (broad SMARTS) is 1. The van der Waals surface area contributed by atoms with Crippen LogP contribution in [0.4, 0.5) is 0 Å². The number of hydrogen-bond acceptors (Lipinski definition) is 11. The van der Waals surface area contributed by atoms with Crippen molar-refractivity contribution >= 4 is 54.9 Å². The lowest BCUT2D eigenvalue weighted by atomic mass is 9.95. The second kappa shape index (κ2) is 21.1. The third-order valence-electron chi connectivity index (χ3n) is 8.02. The molecule has 2 N–H and O–H groups in total. The molecule has 0 amide bonds. The van der Waals surface area contributed by atoms with Crippen molar-refractivity contribution in [3.8, 4) is 23.7 Å². The normalized spacial score (nSPS) is 17.4. The molecule has 0 radical (unpaired) electrons. The number of aliphatic carboxylic acids is 1. The number of aromatic nitrogens is 1. The molecule has 2 heterocycles. The number of carbonyl (C=O) groups excluding carboxylic acids is 1. The number of fused-ring (bicyclic) bond motifs is 2. The summed E-state index contributed by atoms with van der Waals surface area (Å²) in [5.74, 6) is 9.96.